The molecule has 6 heteroatoms. The SMILES string of the molecule is COC(=O)CCCNC(=O)c1cnccn1. The van der Waals surface area contributed by atoms with Gasteiger partial charge in [0.15, 0.2) is 0 Å². The van der Waals surface area contributed by atoms with Gasteiger partial charge in [-0.2, -0.15) is 0 Å². The fraction of sp³-hybridized carbons (Fsp3) is 0.400. The number of carbonyl (C=O) groups is 2. The Morgan fingerprint density at radius 2 is 2.25 bits per heavy atom. The first-order chi connectivity index (χ1) is 7.74. The molecule has 0 unspecified atom stereocenters. The zero-order chi connectivity index (χ0) is 11.8. The van der Waals surface area contributed by atoms with Gasteiger partial charge < -0.3 is 10.1 Å². The normalized spacial score (nSPS) is 9.56. The van der Waals surface area contributed by atoms with Crippen molar-refractivity contribution in [1.29, 1.82) is 0 Å². The summed E-state index contributed by atoms with van der Waals surface area (Å²) in [5.74, 6) is -0.577. The molecule has 0 saturated heterocycles. The number of esters is 1. The summed E-state index contributed by atoms with van der Waals surface area (Å²) in [7, 11) is 1.33. The number of carbonyl (C=O) groups excluding carboxylic acids is 2. The number of ether oxygens (including phenoxy) is 1. The molecule has 1 amide bonds. The molecule has 86 valence electrons. The van der Waals surface area contributed by atoms with Crippen molar-refractivity contribution in [2.75, 3.05) is 13.7 Å². The van der Waals surface area contributed by atoms with Crippen molar-refractivity contribution in [3.05, 3.63) is 24.3 Å². The maximum Gasteiger partial charge on any atom is 0.305 e. The van der Waals surface area contributed by atoms with Gasteiger partial charge in [0.05, 0.1) is 13.3 Å². The first kappa shape index (κ1) is 12.1. The predicted molar refractivity (Wildman–Crippen MR) is 55.6 cm³/mol. The van der Waals surface area contributed by atoms with Crippen LogP contribution in [0.1, 0.15) is 23.3 Å². The van der Waals surface area contributed by atoms with Gasteiger partial charge in [-0.1, -0.05) is 0 Å². The van der Waals surface area contributed by atoms with Crippen molar-refractivity contribution in [3.63, 3.8) is 0 Å². The second kappa shape index (κ2) is 6.49. The average molecular weight is 223 g/mol. The van der Waals surface area contributed by atoms with E-state index in [2.05, 4.69) is 20.0 Å². The molecule has 0 saturated carbocycles. The van der Waals surface area contributed by atoms with Crippen molar-refractivity contribution >= 4 is 11.9 Å². The van der Waals surface area contributed by atoms with Crippen LogP contribution in [-0.2, 0) is 9.53 Å². The maximum atomic E-state index is 11.4. The monoisotopic (exact) mass is 223 g/mol. The fourth-order valence-electron chi connectivity index (χ4n) is 1.04. The Bertz CT molecular complexity index is 354. The largest absolute Gasteiger partial charge is 0.469 e. The Labute approximate surface area is 93.0 Å². The number of methoxy groups -OCH3 is 1. The Balaban J connectivity index is 2.24. The van der Waals surface area contributed by atoms with Crippen molar-refractivity contribution < 1.29 is 14.3 Å². The summed E-state index contributed by atoms with van der Waals surface area (Å²) in [6.07, 6.45) is 5.16. The average Bonchev–Trinajstić information content (AvgIpc) is 2.35. The Morgan fingerprint density at radius 3 is 2.88 bits per heavy atom. The zero-order valence-corrected chi connectivity index (χ0v) is 8.97. The van der Waals surface area contributed by atoms with Gasteiger partial charge in [0.2, 0.25) is 0 Å². The summed E-state index contributed by atoms with van der Waals surface area (Å²) in [4.78, 5) is 29.8. The first-order valence-corrected chi connectivity index (χ1v) is 4.85. The second-order valence-corrected chi connectivity index (χ2v) is 3.03. The molecule has 1 aromatic heterocycles. The lowest BCUT2D eigenvalue weighted by molar-refractivity contribution is -0.140. The van der Waals surface area contributed by atoms with E-state index < -0.39 is 0 Å². The van der Waals surface area contributed by atoms with Gasteiger partial charge in [-0.15, -0.1) is 0 Å². The lowest BCUT2D eigenvalue weighted by Gasteiger charge is -2.03. The van der Waals surface area contributed by atoms with E-state index in [0.29, 0.717) is 13.0 Å². The molecule has 1 N–H and O–H groups in total. The molecular formula is C10H13N3O3. The highest BCUT2D eigenvalue weighted by Gasteiger charge is 2.06. The molecule has 0 bridgehead atoms. The second-order valence-electron chi connectivity index (χ2n) is 3.03. The number of hydrogen-bond acceptors (Lipinski definition) is 5. The van der Waals surface area contributed by atoms with Gasteiger partial charge in [-0.05, 0) is 6.42 Å². The Kier molecular flexibility index (Phi) is 4.91. The molecule has 1 rings (SSSR count). The lowest BCUT2D eigenvalue weighted by Crippen LogP contribution is -2.25. The van der Waals surface area contributed by atoms with E-state index >= 15 is 0 Å². The molecule has 0 atom stereocenters. The van der Waals surface area contributed by atoms with Crippen LogP contribution in [0.5, 0.6) is 0 Å². The first-order valence-electron chi connectivity index (χ1n) is 4.85. The smallest absolute Gasteiger partial charge is 0.305 e. The molecule has 16 heavy (non-hydrogen) atoms. The summed E-state index contributed by atoms with van der Waals surface area (Å²) < 4.78 is 4.47. The lowest BCUT2D eigenvalue weighted by atomic mass is 10.3. The van der Waals surface area contributed by atoms with Crippen molar-refractivity contribution in [1.82, 2.24) is 15.3 Å². The minimum atomic E-state index is -0.294. The number of amides is 1. The van der Waals surface area contributed by atoms with Crippen molar-refractivity contribution in [2.24, 2.45) is 0 Å². The van der Waals surface area contributed by atoms with E-state index in [1.807, 2.05) is 0 Å². The minimum absolute atomic E-state index is 0.264. The van der Waals surface area contributed by atoms with Crippen LogP contribution in [0.2, 0.25) is 0 Å². The van der Waals surface area contributed by atoms with Gasteiger partial charge in [-0.3, -0.25) is 14.6 Å². The third kappa shape index (κ3) is 4.04. The number of nitrogens with one attached hydrogen (secondary N) is 1. The van der Waals surface area contributed by atoms with Gasteiger partial charge in [0.1, 0.15) is 5.69 Å². The van der Waals surface area contributed by atoms with Gasteiger partial charge >= 0.3 is 5.97 Å². The third-order valence-electron chi connectivity index (χ3n) is 1.87. The van der Waals surface area contributed by atoms with Crippen LogP contribution in [-0.4, -0.2) is 35.5 Å². The summed E-state index contributed by atoms with van der Waals surface area (Å²) >= 11 is 0. The summed E-state index contributed by atoms with van der Waals surface area (Å²) in [5, 5.41) is 2.63. The molecule has 0 aromatic carbocycles. The van der Waals surface area contributed by atoms with E-state index in [1.54, 1.807) is 0 Å². The van der Waals surface area contributed by atoms with Crippen molar-refractivity contribution in [2.45, 2.75) is 12.8 Å². The van der Waals surface area contributed by atoms with E-state index in [-0.39, 0.29) is 24.0 Å². The van der Waals surface area contributed by atoms with Crippen LogP contribution < -0.4 is 5.32 Å². The highest BCUT2D eigenvalue weighted by molar-refractivity contribution is 5.91. The molecule has 0 spiro atoms. The fourth-order valence-corrected chi connectivity index (χ4v) is 1.04. The van der Waals surface area contributed by atoms with Gasteiger partial charge in [0, 0.05) is 25.4 Å². The molecule has 0 aliphatic rings. The zero-order valence-electron chi connectivity index (χ0n) is 8.97. The van der Waals surface area contributed by atoms with E-state index in [9.17, 15) is 9.59 Å². The number of aromatic nitrogens is 2. The van der Waals surface area contributed by atoms with E-state index in [4.69, 9.17) is 0 Å². The molecule has 6 nitrogen and oxygen atoms in total. The predicted octanol–water partition coefficient (Wildman–Crippen LogP) is 0.160. The van der Waals surface area contributed by atoms with E-state index in [1.165, 1.54) is 25.7 Å². The summed E-state index contributed by atoms with van der Waals surface area (Å²) in [6, 6.07) is 0. The number of nitrogens with zero attached hydrogens (tertiary/aromatic N) is 2. The molecule has 0 radical (unpaired) electrons. The van der Waals surface area contributed by atoms with Crippen LogP contribution in [0.25, 0.3) is 0 Å². The van der Waals surface area contributed by atoms with E-state index in [0.717, 1.165) is 0 Å². The molecule has 0 fully saturated rings. The molecule has 0 aliphatic carbocycles. The molecule has 1 aromatic rings. The number of rotatable bonds is 5. The molecule has 0 aliphatic heterocycles. The Hall–Kier alpha value is -1.98. The Morgan fingerprint density at radius 1 is 1.44 bits per heavy atom. The molecular weight excluding hydrogens is 210 g/mol. The van der Waals surface area contributed by atoms with Gasteiger partial charge in [-0.25, -0.2) is 4.98 Å². The van der Waals surface area contributed by atoms with Crippen LogP contribution in [0.15, 0.2) is 18.6 Å². The minimum Gasteiger partial charge on any atom is -0.469 e. The standard InChI is InChI=1S/C10H13N3O3/c1-16-9(14)3-2-4-13-10(15)8-7-11-5-6-12-8/h5-7H,2-4H2,1H3,(H,13,15). The number of hydrogen-bond donors (Lipinski definition) is 1. The molecule has 1 heterocycles. The quantitative estimate of drug-likeness (QED) is 0.568. The summed E-state index contributed by atoms with van der Waals surface area (Å²) in [6.45, 7) is 0.407. The highest BCUT2D eigenvalue weighted by atomic mass is 16.5. The van der Waals surface area contributed by atoms with Gasteiger partial charge in [0.25, 0.3) is 5.91 Å². The maximum absolute atomic E-state index is 11.4. The van der Waals surface area contributed by atoms with Crippen LogP contribution in [0.3, 0.4) is 0 Å². The van der Waals surface area contributed by atoms with Crippen LogP contribution in [0.4, 0.5) is 0 Å². The third-order valence-corrected chi connectivity index (χ3v) is 1.87. The highest BCUT2D eigenvalue weighted by Crippen LogP contribution is 1.92. The summed E-state index contributed by atoms with van der Waals surface area (Å²) in [5.41, 5.74) is 0.264. The van der Waals surface area contributed by atoms with Crippen LogP contribution in [0, 0.1) is 0 Å². The van der Waals surface area contributed by atoms with Crippen molar-refractivity contribution in [3.8, 4) is 0 Å². The van der Waals surface area contributed by atoms with Crippen LogP contribution >= 0.6 is 0 Å². The topological polar surface area (TPSA) is 81.2 Å².